The van der Waals surface area contributed by atoms with Crippen molar-refractivity contribution in [3.8, 4) is 0 Å². The second-order valence-electron chi connectivity index (χ2n) is 3.85. The fourth-order valence-corrected chi connectivity index (χ4v) is 1.64. The number of nitrogens with two attached hydrogens (primary N) is 1. The van der Waals surface area contributed by atoms with Gasteiger partial charge in [0.2, 0.25) is 0 Å². The molecule has 0 unspecified atom stereocenters. The quantitative estimate of drug-likeness (QED) is 0.759. The molecule has 0 aromatic carbocycles. The van der Waals surface area contributed by atoms with Crippen LogP contribution in [0.1, 0.15) is 23.9 Å². The van der Waals surface area contributed by atoms with Crippen molar-refractivity contribution in [2.75, 3.05) is 13.1 Å². The number of likely N-dealkylation sites (tertiary alicyclic amines) is 1. The highest BCUT2D eigenvalue weighted by Gasteiger charge is 2.41. The topological polar surface area (TPSA) is 59.5 Å². The molecule has 0 saturated carbocycles. The molecule has 0 aliphatic carbocycles. The molecule has 1 aliphatic heterocycles. The summed E-state index contributed by atoms with van der Waals surface area (Å²) in [6.07, 6.45) is 2.40. The Morgan fingerprint density at radius 3 is 2.93 bits per heavy atom. The van der Waals surface area contributed by atoms with Crippen molar-refractivity contribution in [1.82, 2.24) is 4.90 Å². The maximum atomic E-state index is 11.7. The summed E-state index contributed by atoms with van der Waals surface area (Å²) >= 11 is 0. The van der Waals surface area contributed by atoms with Gasteiger partial charge in [-0.05, 0) is 18.6 Å². The summed E-state index contributed by atoms with van der Waals surface area (Å²) in [7, 11) is 0. The molecule has 2 rings (SSSR count). The van der Waals surface area contributed by atoms with Gasteiger partial charge in [-0.15, -0.1) is 0 Å². The van der Waals surface area contributed by atoms with Crippen LogP contribution in [0.2, 0.25) is 0 Å². The van der Waals surface area contributed by atoms with E-state index in [1.807, 2.05) is 6.92 Å². The molecule has 0 radical (unpaired) electrons. The van der Waals surface area contributed by atoms with Gasteiger partial charge < -0.3 is 15.1 Å². The third-order valence-electron chi connectivity index (χ3n) is 2.73. The van der Waals surface area contributed by atoms with Crippen LogP contribution in [0.3, 0.4) is 0 Å². The number of furan rings is 1. The van der Waals surface area contributed by atoms with Crippen LogP contribution in [0.5, 0.6) is 0 Å². The minimum Gasteiger partial charge on any atom is -0.459 e. The third-order valence-corrected chi connectivity index (χ3v) is 2.73. The standard InChI is InChI=1S/C10H14N2O2/c1-2-10(11)6-12(7-10)9(13)8-4-3-5-14-8/h3-5H,2,6-7,11H2,1H3. The van der Waals surface area contributed by atoms with Gasteiger partial charge >= 0.3 is 0 Å². The van der Waals surface area contributed by atoms with Crippen molar-refractivity contribution in [2.45, 2.75) is 18.9 Å². The van der Waals surface area contributed by atoms with E-state index in [0.717, 1.165) is 6.42 Å². The predicted molar refractivity (Wildman–Crippen MR) is 51.8 cm³/mol. The molecule has 4 heteroatoms. The lowest BCUT2D eigenvalue weighted by Gasteiger charge is -2.46. The molecule has 1 amide bonds. The first-order valence-electron chi connectivity index (χ1n) is 4.76. The van der Waals surface area contributed by atoms with Crippen LogP contribution in [-0.4, -0.2) is 29.4 Å². The second kappa shape index (κ2) is 3.13. The van der Waals surface area contributed by atoms with E-state index in [9.17, 15) is 4.79 Å². The van der Waals surface area contributed by atoms with Gasteiger partial charge in [0.15, 0.2) is 5.76 Å². The van der Waals surface area contributed by atoms with Crippen molar-refractivity contribution < 1.29 is 9.21 Å². The minimum atomic E-state index is -0.178. The van der Waals surface area contributed by atoms with E-state index in [1.165, 1.54) is 6.26 Å². The van der Waals surface area contributed by atoms with Gasteiger partial charge in [0.25, 0.3) is 5.91 Å². The lowest BCUT2D eigenvalue weighted by molar-refractivity contribution is 0.0371. The minimum absolute atomic E-state index is 0.0653. The summed E-state index contributed by atoms with van der Waals surface area (Å²) in [6.45, 7) is 3.29. The highest BCUT2D eigenvalue weighted by Crippen LogP contribution is 2.23. The monoisotopic (exact) mass is 194 g/mol. The third kappa shape index (κ3) is 1.42. The Morgan fingerprint density at radius 1 is 1.71 bits per heavy atom. The van der Waals surface area contributed by atoms with E-state index in [-0.39, 0.29) is 11.4 Å². The first-order chi connectivity index (χ1) is 6.64. The van der Waals surface area contributed by atoms with E-state index >= 15 is 0 Å². The largest absolute Gasteiger partial charge is 0.459 e. The van der Waals surface area contributed by atoms with Crippen LogP contribution in [0.15, 0.2) is 22.8 Å². The van der Waals surface area contributed by atoms with E-state index in [0.29, 0.717) is 18.8 Å². The average molecular weight is 194 g/mol. The Labute approximate surface area is 82.7 Å². The van der Waals surface area contributed by atoms with E-state index in [4.69, 9.17) is 10.2 Å². The molecule has 1 aromatic heterocycles. The molecule has 0 spiro atoms. The zero-order valence-electron chi connectivity index (χ0n) is 8.19. The summed E-state index contributed by atoms with van der Waals surface area (Å²) in [6, 6.07) is 3.38. The van der Waals surface area contributed by atoms with Crippen LogP contribution in [-0.2, 0) is 0 Å². The molecule has 0 atom stereocenters. The SMILES string of the molecule is CCC1(N)CN(C(=O)c2ccco2)C1. The van der Waals surface area contributed by atoms with Crippen molar-refractivity contribution in [1.29, 1.82) is 0 Å². The van der Waals surface area contributed by atoms with Gasteiger partial charge in [0, 0.05) is 13.1 Å². The van der Waals surface area contributed by atoms with Crippen LogP contribution >= 0.6 is 0 Å². The van der Waals surface area contributed by atoms with Gasteiger partial charge in [-0.25, -0.2) is 0 Å². The number of nitrogens with zero attached hydrogens (tertiary/aromatic N) is 1. The molecule has 0 bridgehead atoms. The van der Waals surface area contributed by atoms with Crippen molar-refractivity contribution in [2.24, 2.45) is 5.73 Å². The van der Waals surface area contributed by atoms with Crippen LogP contribution < -0.4 is 5.73 Å². The molecular weight excluding hydrogens is 180 g/mol. The average Bonchev–Trinajstić information content (AvgIpc) is 2.64. The normalized spacial score (nSPS) is 19.1. The molecule has 4 nitrogen and oxygen atoms in total. The number of hydrogen-bond donors (Lipinski definition) is 1. The maximum Gasteiger partial charge on any atom is 0.289 e. The van der Waals surface area contributed by atoms with Crippen molar-refractivity contribution >= 4 is 5.91 Å². The zero-order chi connectivity index (χ0) is 10.2. The number of rotatable bonds is 2. The molecule has 1 aromatic rings. The van der Waals surface area contributed by atoms with Crippen LogP contribution in [0.4, 0.5) is 0 Å². The van der Waals surface area contributed by atoms with Crippen molar-refractivity contribution in [3.63, 3.8) is 0 Å². The van der Waals surface area contributed by atoms with Gasteiger partial charge in [-0.2, -0.15) is 0 Å². The highest BCUT2D eigenvalue weighted by molar-refractivity contribution is 5.92. The van der Waals surface area contributed by atoms with E-state index in [2.05, 4.69) is 0 Å². The maximum absolute atomic E-state index is 11.7. The Morgan fingerprint density at radius 2 is 2.43 bits per heavy atom. The smallest absolute Gasteiger partial charge is 0.289 e. The van der Waals surface area contributed by atoms with Crippen molar-refractivity contribution in [3.05, 3.63) is 24.2 Å². The fourth-order valence-electron chi connectivity index (χ4n) is 1.64. The van der Waals surface area contributed by atoms with E-state index < -0.39 is 0 Å². The predicted octanol–water partition coefficient (Wildman–Crippen LogP) is 0.843. The Bertz CT molecular complexity index is 326. The molecule has 2 N–H and O–H groups in total. The Hall–Kier alpha value is -1.29. The summed E-state index contributed by atoms with van der Waals surface area (Å²) in [4.78, 5) is 13.4. The molecule has 76 valence electrons. The van der Waals surface area contributed by atoms with Gasteiger partial charge in [-0.1, -0.05) is 6.92 Å². The number of amides is 1. The van der Waals surface area contributed by atoms with Gasteiger partial charge in [0.05, 0.1) is 11.8 Å². The highest BCUT2D eigenvalue weighted by atomic mass is 16.3. The first kappa shape index (κ1) is 9.27. The zero-order valence-corrected chi connectivity index (χ0v) is 8.19. The first-order valence-corrected chi connectivity index (χ1v) is 4.76. The molecule has 14 heavy (non-hydrogen) atoms. The molecule has 1 aliphatic rings. The van der Waals surface area contributed by atoms with Crippen LogP contribution in [0, 0.1) is 0 Å². The molecule has 1 fully saturated rings. The Kier molecular flexibility index (Phi) is 2.07. The molecule has 2 heterocycles. The fraction of sp³-hybridized carbons (Fsp3) is 0.500. The van der Waals surface area contributed by atoms with Gasteiger partial charge in [-0.3, -0.25) is 4.79 Å². The lowest BCUT2D eigenvalue weighted by atomic mass is 9.88. The summed E-state index contributed by atoms with van der Waals surface area (Å²) in [5.41, 5.74) is 5.78. The Balaban J connectivity index is 1.98. The van der Waals surface area contributed by atoms with Crippen LogP contribution in [0.25, 0.3) is 0 Å². The molecule has 1 saturated heterocycles. The lowest BCUT2D eigenvalue weighted by Crippen LogP contribution is -2.68. The summed E-state index contributed by atoms with van der Waals surface area (Å²) in [5, 5.41) is 0. The van der Waals surface area contributed by atoms with Gasteiger partial charge in [0.1, 0.15) is 0 Å². The number of hydrogen-bond acceptors (Lipinski definition) is 3. The second-order valence-corrected chi connectivity index (χ2v) is 3.85. The number of carbonyl (C=O) groups is 1. The van der Waals surface area contributed by atoms with E-state index in [1.54, 1.807) is 17.0 Å². The summed E-state index contributed by atoms with van der Waals surface area (Å²) in [5.74, 6) is 0.327. The summed E-state index contributed by atoms with van der Waals surface area (Å²) < 4.78 is 5.02. The number of carbonyl (C=O) groups excluding carboxylic acids is 1. The molecular formula is C10H14N2O2.